The normalized spacial score (nSPS) is 46.2. The summed E-state index contributed by atoms with van der Waals surface area (Å²) >= 11 is 0.831. The van der Waals surface area contributed by atoms with Crippen molar-refractivity contribution in [2.24, 2.45) is 5.73 Å². The predicted octanol–water partition coefficient (Wildman–Crippen LogP) is -2.14. The lowest BCUT2D eigenvalue weighted by molar-refractivity contribution is -0.375. The summed E-state index contributed by atoms with van der Waals surface area (Å²) < 4.78 is 11.0. The Balaban J connectivity index is 1.98. The molecule has 9 heteroatoms. The number of aliphatic hydroxyl groups excluding tert-OH is 2. The number of amides is 2. The van der Waals surface area contributed by atoms with Crippen LogP contribution in [0.4, 0.5) is 4.79 Å². The SMILES string of the molecule is NC[C@@]12COC(N3C(=O)CSC3=O)(CO1)[C@@H](O)[C@H]2O. The second-order valence-corrected chi connectivity index (χ2v) is 5.79. The molecule has 0 radical (unpaired) electrons. The van der Waals surface area contributed by atoms with Gasteiger partial charge in [-0.2, -0.15) is 0 Å². The van der Waals surface area contributed by atoms with Crippen LogP contribution in [0.3, 0.4) is 0 Å². The molecule has 0 aromatic rings. The maximum atomic E-state index is 11.8. The summed E-state index contributed by atoms with van der Waals surface area (Å²) in [4.78, 5) is 24.4. The fraction of sp³-hybridized carbons (Fsp3) is 0.800. The molecular weight excluding hydrogens is 276 g/mol. The first-order valence-corrected chi connectivity index (χ1v) is 6.79. The number of imide groups is 1. The van der Waals surface area contributed by atoms with Crippen LogP contribution in [0.15, 0.2) is 0 Å². The number of carbonyl (C=O) groups is 2. The van der Waals surface area contributed by atoms with E-state index in [2.05, 4.69) is 0 Å². The summed E-state index contributed by atoms with van der Waals surface area (Å²) in [7, 11) is 0. The molecule has 0 saturated carbocycles. The minimum atomic E-state index is -1.64. The van der Waals surface area contributed by atoms with Crippen LogP contribution in [0.5, 0.6) is 0 Å². The quantitative estimate of drug-likeness (QED) is 0.526. The fourth-order valence-electron chi connectivity index (χ4n) is 2.67. The Kier molecular flexibility index (Phi) is 2.89. The van der Waals surface area contributed by atoms with E-state index in [9.17, 15) is 19.8 Å². The highest BCUT2D eigenvalue weighted by atomic mass is 32.2. The molecule has 0 spiro atoms. The summed E-state index contributed by atoms with van der Waals surface area (Å²) in [6.07, 6.45) is -2.75. The number of fused-ring (bicyclic) bond motifs is 3. The lowest BCUT2D eigenvalue weighted by Gasteiger charge is -2.58. The molecule has 1 unspecified atom stereocenters. The Hall–Kier alpha value is -0.710. The lowest BCUT2D eigenvalue weighted by Crippen LogP contribution is -2.81. The highest BCUT2D eigenvalue weighted by molar-refractivity contribution is 8.14. The van der Waals surface area contributed by atoms with E-state index in [1.807, 2.05) is 0 Å². The number of thioether (sulfide) groups is 1. The third-order valence-electron chi connectivity index (χ3n) is 3.91. The van der Waals surface area contributed by atoms with E-state index >= 15 is 0 Å². The van der Waals surface area contributed by atoms with Gasteiger partial charge in [-0.1, -0.05) is 11.8 Å². The van der Waals surface area contributed by atoms with Gasteiger partial charge in [-0.05, 0) is 0 Å². The second-order valence-electron chi connectivity index (χ2n) is 4.86. The third kappa shape index (κ3) is 1.54. The van der Waals surface area contributed by atoms with Crippen LogP contribution in [0.1, 0.15) is 0 Å². The molecule has 4 atom stereocenters. The predicted molar refractivity (Wildman–Crippen MR) is 63.1 cm³/mol. The van der Waals surface area contributed by atoms with Gasteiger partial charge in [-0.25, -0.2) is 4.90 Å². The molecule has 0 aromatic carbocycles. The number of ether oxygens (including phenoxy) is 2. The maximum Gasteiger partial charge on any atom is 0.291 e. The van der Waals surface area contributed by atoms with Crippen molar-refractivity contribution in [1.82, 2.24) is 4.90 Å². The number of hydrogen-bond donors (Lipinski definition) is 3. The van der Waals surface area contributed by atoms with E-state index in [0.29, 0.717) is 0 Å². The van der Waals surface area contributed by atoms with Gasteiger partial charge in [0.15, 0.2) is 0 Å². The molecule has 4 heterocycles. The number of carbonyl (C=O) groups excluding carboxylic acids is 2. The summed E-state index contributed by atoms with van der Waals surface area (Å²) in [6, 6.07) is 0. The van der Waals surface area contributed by atoms with Gasteiger partial charge in [0.2, 0.25) is 11.6 Å². The van der Waals surface area contributed by atoms with Gasteiger partial charge >= 0.3 is 0 Å². The monoisotopic (exact) mass is 290 g/mol. The zero-order valence-electron chi connectivity index (χ0n) is 9.94. The van der Waals surface area contributed by atoms with Gasteiger partial charge in [0.05, 0.1) is 19.0 Å². The Bertz CT molecular complexity index is 420. The smallest absolute Gasteiger partial charge is 0.291 e. The standard InChI is InChI=1S/C10H14N2O6S/c11-2-9-3-18-10(4-17-9,7(15)6(9)14)12-5(13)1-19-8(12)16/h6-7,14-15H,1-4,11H2/t6-,7+,9+,10?/m1/s1. The third-order valence-corrected chi connectivity index (χ3v) is 4.73. The van der Waals surface area contributed by atoms with Crippen LogP contribution in [0.2, 0.25) is 0 Å². The van der Waals surface area contributed by atoms with Crippen molar-refractivity contribution in [3.63, 3.8) is 0 Å². The van der Waals surface area contributed by atoms with Crippen molar-refractivity contribution in [2.75, 3.05) is 25.5 Å². The lowest BCUT2D eigenvalue weighted by atomic mass is 9.81. The molecule has 4 aliphatic rings. The van der Waals surface area contributed by atoms with E-state index in [1.165, 1.54) is 0 Å². The summed E-state index contributed by atoms with van der Waals surface area (Å²) in [6.45, 7) is -0.304. The van der Waals surface area contributed by atoms with Crippen LogP contribution in [0, 0.1) is 0 Å². The minimum absolute atomic E-state index is 0.00517. The van der Waals surface area contributed by atoms with Crippen molar-refractivity contribution in [3.8, 4) is 0 Å². The van der Waals surface area contributed by atoms with E-state index in [4.69, 9.17) is 15.2 Å². The highest BCUT2D eigenvalue weighted by Crippen LogP contribution is 2.44. The van der Waals surface area contributed by atoms with Crippen LogP contribution in [-0.2, 0) is 14.3 Å². The van der Waals surface area contributed by atoms with Crippen LogP contribution in [0.25, 0.3) is 0 Å². The van der Waals surface area contributed by atoms with Gasteiger partial charge in [0, 0.05) is 6.54 Å². The molecule has 4 rings (SSSR count). The number of nitrogens with zero attached hydrogens (tertiary/aromatic N) is 1. The zero-order valence-corrected chi connectivity index (χ0v) is 10.8. The average molecular weight is 290 g/mol. The van der Waals surface area contributed by atoms with E-state index in [0.717, 1.165) is 16.7 Å². The molecule has 2 amide bonds. The minimum Gasteiger partial charge on any atom is -0.387 e. The first-order valence-electron chi connectivity index (χ1n) is 5.81. The van der Waals surface area contributed by atoms with Crippen LogP contribution < -0.4 is 5.73 Å². The topological polar surface area (TPSA) is 122 Å². The summed E-state index contributed by atoms with van der Waals surface area (Å²) in [5, 5.41) is 19.9. The zero-order chi connectivity index (χ0) is 13.8. The van der Waals surface area contributed by atoms with Crippen molar-refractivity contribution in [1.29, 1.82) is 0 Å². The Labute approximate surface area is 112 Å². The Morgan fingerprint density at radius 1 is 1.32 bits per heavy atom. The van der Waals surface area contributed by atoms with Crippen molar-refractivity contribution in [3.05, 3.63) is 0 Å². The highest BCUT2D eigenvalue weighted by Gasteiger charge is 2.67. The van der Waals surface area contributed by atoms with Crippen LogP contribution in [-0.4, -0.2) is 75.3 Å². The average Bonchev–Trinajstić information content (AvgIpc) is 2.76. The molecule has 4 N–H and O–H groups in total. The van der Waals surface area contributed by atoms with Gasteiger partial charge < -0.3 is 25.4 Å². The first kappa shape index (κ1) is 13.3. The molecule has 4 saturated heterocycles. The number of aliphatic hydroxyl groups is 2. The molecular formula is C10H14N2O6S. The van der Waals surface area contributed by atoms with E-state index in [-0.39, 0.29) is 25.5 Å². The molecule has 4 fully saturated rings. The maximum absolute atomic E-state index is 11.8. The van der Waals surface area contributed by atoms with Crippen molar-refractivity contribution in [2.45, 2.75) is 23.5 Å². The van der Waals surface area contributed by atoms with Crippen molar-refractivity contribution < 1.29 is 29.3 Å². The van der Waals surface area contributed by atoms with Crippen molar-refractivity contribution >= 4 is 22.9 Å². The Morgan fingerprint density at radius 2 is 2.05 bits per heavy atom. The largest absolute Gasteiger partial charge is 0.387 e. The Morgan fingerprint density at radius 3 is 2.53 bits per heavy atom. The molecule has 0 aromatic heterocycles. The molecule has 19 heavy (non-hydrogen) atoms. The molecule has 4 aliphatic heterocycles. The van der Waals surface area contributed by atoms with Gasteiger partial charge in [-0.3, -0.25) is 9.59 Å². The molecule has 8 nitrogen and oxygen atoms in total. The fourth-order valence-corrected chi connectivity index (χ4v) is 3.43. The van der Waals surface area contributed by atoms with E-state index < -0.39 is 34.7 Å². The number of hydrogen-bond acceptors (Lipinski definition) is 8. The second kappa shape index (κ2) is 4.14. The molecule has 106 valence electrons. The van der Waals surface area contributed by atoms with Gasteiger partial charge in [0.25, 0.3) is 5.24 Å². The summed E-state index contributed by atoms with van der Waals surface area (Å²) in [5.41, 5.74) is 2.72. The molecule has 0 aliphatic carbocycles. The number of rotatable bonds is 2. The summed E-state index contributed by atoms with van der Waals surface area (Å²) in [5.74, 6) is -0.471. The first-order chi connectivity index (χ1) is 8.97. The molecule has 2 bridgehead atoms. The van der Waals surface area contributed by atoms with Gasteiger partial charge in [0.1, 0.15) is 17.8 Å². The van der Waals surface area contributed by atoms with Gasteiger partial charge in [-0.15, -0.1) is 0 Å². The van der Waals surface area contributed by atoms with Crippen LogP contribution >= 0.6 is 11.8 Å². The van der Waals surface area contributed by atoms with E-state index in [1.54, 1.807) is 0 Å². The number of nitrogens with two attached hydrogens (primary N) is 1.